The van der Waals surface area contributed by atoms with E-state index in [2.05, 4.69) is 187 Å². The fraction of sp³-hybridized carbons (Fsp3) is 0.106. The van der Waals surface area contributed by atoms with Crippen LogP contribution in [0.3, 0.4) is 0 Å². The summed E-state index contributed by atoms with van der Waals surface area (Å²) in [4.78, 5) is 2.66. The van der Waals surface area contributed by atoms with Gasteiger partial charge in [0.25, 0.3) is 0 Å². The summed E-state index contributed by atoms with van der Waals surface area (Å²) < 4.78 is 5.03. The highest BCUT2D eigenvalue weighted by molar-refractivity contribution is 6.93. The van der Waals surface area contributed by atoms with Crippen molar-refractivity contribution in [2.24, 2.45) is 0 Å². The number of hydrogen-bond donors (Lipinski definition) is 0. The fourth-order valence-corrected chi connectivity index (χ4v) is 9.22. The molecule has 0 fully saturated rings. The van der Waals surface area contributed by atoms with Crippen LogP contribution in [-0.4, -0.2) is 16.0 Å². The maximum atomic E-state index is 2.66. The van der Waals surface area contributed by atoms with Gasteiger partial charge in [-0.1, -0.05) is 118 Å². The molecule has 51 heavy (non-hydrogen) atoms. The van der Waals surface area contributed by atoms with Crippen LogP contribution in [0.25, 0.3) is 66.1 Å². The molecule has 4 heterocycles. The van der Waals surface area contributed by atoms with Gasteiger partial charge in [0.2, 0.25) is 0 Å². The van der Waals surface area contributed by atoms with Gasteiger partial charge in [0.15, 0.2) is 0 Å². The minimum Gasteiger partial charge on any atom is -0.376 e. The molecule has 11 rings (SSSR count). The number of anilines is 2. The molecule has 0 amide bonds. The zero-order valence-corrected chi connectivity index (χ0v) is 29.3. The van der Waals surface area contributed by atoms with E-state index < -0.39 is 0 Å². The number of hydrogen-bond acceptors (Lipinski definition) is 1. The lowest BCUT2D eigenvalue weighted by molar-refractivity contribution is 0.590. The molecule has 242 valence electrons. The molecule has 0 spiro atoms. The second-order valence-corrected chi connectivity index (χ2v) is 15.4. The Morgan fingerprint density at radius 1 is 0.490 bits per heavy atom. The first kappa shape index (κ1) is 28.8. The summed E-state index contributed by atoms with van der Waals surface area (Å²) in [7, 11) is 0. The van der Waals surface area contributed by atoms with Gasteiger partial charge in [0, 0.05) is 49.9 Å². The third-order valence-electron chi connectivity index (χ3n) is 11.5. The lowest BCUT2D eigenvalue weighted by atomic mass is 9.43. The van der Waals surface area contributed by atoms with Crippen molar-refractivity contribution < 1.29 is 0 Å². The van der Waals surface area contributed by atoms with Gasteiger partial charge in [-0.3, -0.25) is 0 Å². The van der Waals surface area contributed by atoms with Crippen LogP contribution in [0.5, 0.6) is 0 Å². The maximum absolute atomic E-state index is 2.66. The predicted octanol–water partition coefficient (Wildman–Crippen LogP) is 10.7. The zero-order chi connectivity index (χ0) is 34.2. The summed E-state index contributed by atoms with van der Waals surface area (Å²) in [6.45, 7) is 9.29. The van der Waals surface area contributed by atoms with Crippen LogP contribution in [0, 0.1) is 6.92 Å². The van der Waals surface area contributed by atoms with Crippen LogP contribution in [0.4, 0.5) is 11.4 Å². The van der Waals surface area contributed by atoms with Crippen molar-refractivity contribution in [1.82, 2.24) is 9.13 Å². The van der Waals surface area contributed by atoms with E-state index in [9.17, 15) is 0 Å². The number of aryl methyl sites for hydroxylation is 1. The monoisotopic (exact) mass is 653 g/mol. The molecule has 0 aliphatic carbocycles. The van der Waals surface area contributed by atoms with Crippen molar-refractivity contribution in [3.63, 3.8) is 0 Å². The summed E-state index contributed by atoms with van der Waals surface area (Å²) in [5.74, 6) is 0. The van der Waals surface area contributed by atoms with Gasteiger partial charge in [-0.15, -0.1) is 0 Å². The Morgan fingerprint density at radius 3 is 1.92 bits per heavy atom. The Labute approximate surface area is 298 Å². The first-order chi connectivity index (χ1) is 24.9. The first-order valence-electron chi connectivity index (χ1n) is 18.1. The number of para-hydroxylation sites is 5. The highest BCUT2D eigenvalue weighted by Gasteiger charge is 2.45. The lowest BCUT2D eigenvalue weighted by Gasteiger charge is -2.43. The molecule has 3 nitrogen and oxygen atoms in total. The second-order valence-electron chi connectivity index (χ2n) is 15.4. The smallest absolute Gasteiger partial charge is 0.333 e. The largest absolute Gasteiger partial charge is 0.376 e. The van der Waals surface area contributed by atoms with Gasteiger partial charge in [0.05, 0.1) is 22.1 Å². The van der Waals surface area contributed by atoms with Crippen molar-refractivity contribution >= 4 is 72.8 Å². The molecule has 0 radical (unpaired) electrons. The molecular formula is C47H36BN3. The minimum absolute atomic E-state index is 0.00180. The van der Waals surface area contributed by atoms with Gasteiger partial charge in [-0.2, -0.15) is 0 Å². The molecule has 0 atom stereocenters. The van der Waals surface area contributed by atoms with E-state index in [1.54, 1.807) is 0 Å². The van der Waals surface area contributed by atoms with Crippen molar-refractivity contribution in [2.75, 3.05) is 4.81 Å². The summed E-state index contributed by atoms with van der Waals surface area (Å²) in [6.07, 6.45) is 0. The van der Waals surface area contributed by atoms with Crippen LogP contribution < -0.4 is 15.7 Å². The van der Waals surface area contributed by atoms with E-state index in [4.69, 9.17) is 0 Å². The molecule has 9 aromatic rings. The number of benzene rings is 7. The van der Waals surface area contributed by atoms with Crippen LogP contribution >= 0.6 is 0 Å². The average molecular weight is 654 g/mol. The second kappa shape index (κ2) is 10.0. The Kier molecular flexibility index (Phi) is 5.67. The highest BCUT2D eigenvalue weighted by Crippen LogP contribution is 2.48. The Balaban J connectivity index is 1.36. The third-order valence-corrected chi connectivity index (χ3v) is 11.5. The summed E-state index contributed by atoms with van der Waals surface area (Å²) >= 11 is 0. The first-order valence-corrected chi connectivity index (χ1v) is 18.1. The molecule has 2 aromatic heterocycles. The minimum atomic E-state index is -0.0452. The Bertz CT molecular complexity index is 2920. The van der Waals surface area contributed by atoms with E-state index in [1.807, 2.05) is 0 Å². The molecule has 0 N–H and O–H groups in total. The topological polar surface area (TPSA) is 13.1 Å². The van der Waals surface area contributed by atoms with Gasteiger partial charge in [0.1, 0.15) is 0 Å². The average Bonchev–Trinajstić information content (AvgIpc) is 3.66. The zero-order valence-electron chi connectivity index (χ0n) is 29.3. The lowest BCUT2D eigenvalue weighted by Crippen LogP contribution is -2.60. The van der Waals surface area contributed by atoms with Crippen molar-refractivity contribution in [3.8, 4) is 22.5 Å². The fourth-order valence-electron chi connectivity index (χ4n) is 9.22. The van der Waals surface area contributed by atoms with Crippen LogP contribution in [-0.2, 0) is 5.41 Å². The van der Waals surface area contributed by atoms with E-state index in [1.165, 1.54) is 99.5 Å². The van der Waals surface area contributed by atoms with Crippen LogP contribution in [0.1, 0.15) is 31.9 Å². The van der Waals surface area contributed by atoms with E-state index >= 15 is 0 Å². The molecule has 2 aliphatic heterocycles. The van der Waals surface area contributed by atoms with E-state index in [0.29, 0.717) is 0 Å². The van der Waals surface area contributed by atoms with Crippen LogP contribution in [0.2, 0.25) is 0 Å². The van der Waals surface area contributed by atoms with Gasteiger partial charge in [-0.05, 0) is 88.5 Å². The molecule has 0 unspecified atom stereocenters. The molecule has 0 saturated carbocycles. The molecule has 0 saturated heterocycles. The number of rotatable bonds is 2. The molecule has 7 aromatic carbocycles. The third kappa shape index (κ3) is 3.80. The van der Waals surface area contributed by atoms with Crippen LogP contribution in [0.15, 0.2) is 146 Å². The number of fused-ring (bicyclic) bond motifs is 10. The predicted molar refractivity (Wildman–Crippen MR) is 218 cm³/mol. The molecular weight excluding hydrogens is 617 g/mol. The van der Waals surface area contributed by atoms with Gasteiger partial charge in [-0.25, -0.2) is 0 Å². The summed E-state index contributed by atoms with van der Waals surface area (Å²) in [5.41, 5.74) is 17.9. The Hall–Kier alpha value is -6.00. The maximum Gasteiger partial charge on any atom is 0.333 e. The van der Waals surface area contributed by atoms with Crippen molar-refractivity contribution in [3.05, 3.63) is 157 Å². The summed E-state index contributed by atoms with van der Waals surface area (Å²) in [5, 5.41) is 5.15. The number of aromatic nitrogens is 2. The van der Waals surface area contributed by atoms with Gasteiger partial charge < -0.3 is 13.9 Å². The summed E-state index contributed by atoms with van der Waals surface area (Å²) in [6, 6.07) is 54.6. The van der Waals surface area contributed by atoms with Crippen molar-refractivity contribution in [1.29, 1.82) is 0 Å². The molecule has 0 bridgehead atoms. The number of nitrogens with zero attached hydrogens (tertiary/aromatic N) is 3. The Morgan fingerprint density at radius 2 is 1.16 bits per heavy atom. The standard InChI is InChI=1S/C47H36BN3/c1-29-15-8-11-22-39(29)51-43-28-35-33-19-10-12-23-40(33)49(31-16-6-5-7-17-31)42(35)27-36(43)37-25-30(47(2,3)4)26-44-45(37)48(51)38-21-14-20-34-32-18-9-13-24-41(32)50(44)46(34)38/h5-28H,1-4H3. The normalized spacial score (nSPS) is 13.4. The molecule has 4 heteroatoms. The van der Waals surface area contributed by atoms with Gasteiger partial charge >= 0.3 is 6.85 Å². The van der Waals surface area contributed by atoms with E-state index in [0.717, 1.165) is 0 Å². The quantitative estimate of drug-likeness (QED) is 0.169. The van der Waals surface area contributed by atoms with E-state index in [-0.39, 0.29) is 12.3 Å². The SMILES string of the molecule is Cc1ccccc1N1B2c3c(cc(C(C)(C)C)cc3-n3c4ccccc4c4cccc2c43)-c2cc3c(cc21)c1ccccc1n3-c1ccccc1. The molecule has 2 aliphatic rings. The van der Waals surface area contributed by atoms with Crippen molar-refractivity contribution in [2.45, 2.75) is 33.1 Å². The highest BCUT2D eigenvalue weighted by atomic mass is 15.1.